The number of hydrogen-bond acceptors (Lipinski definition) is 5. The highest BCUT2D eigenvalue weighted by Crippen LogP contribution is 2.37. The molecule has 27 heavy (non-hydrogen) atoms. The van der Waals surface area contributed by atoms with Crippen LogP contribution < -0.4 is 9.47 Å². The van der Waals surface area contributed by atoms with E-state index in [1.165, 1.54) is 0 Å². The summed E-state index contributed by atoms with van der Waals surface area (Å²) in [5.74, 6) is 0.903. The van der Waals surface area contributed by atoms with Crippen molar-refractivity contribution in [2.75, 3.05) is 13.7 Å². The van der Waals surface area contributed by atoms with Crippen molar-refractivity contribution in [1.82, 2.24) is 0 Å². The van der Waals surface area contributed by atoms with Crippen LogP contribution in [0.5, 0.6) is 11.5 Å². The average Bonchev–Trinajstić information content (AvgIpc) is 3.01. The van der Waals surface area contributed by atoms with Gasteiger partial charge in [-0.1, -0.05) is 30.4 Å². The minimum absolute atomic E-state index is 0.222. The van der Waals surface area contributed by atoms with Gasteiger partial charge in [-0.05, 0) is 58.8 Å². The Bertz CT molecular complexity index is 945. The van der Waals surface area contributed by atoms with E-state index in [-0.39, 0.29) is 5.70 Å². The van der Waals surface area contributed by atoms with Gasteiger partial charge in [-0.15, -0.1) is 0 Å². The van der Waals surface area contributed by atoms with Gasteiger partial charge in [-0.2, -0.15) is 0 Å². The molecule has 1 aliphatic heterocycles. The molecule has 138 valence electrons. The Balaban J connectivity index is 1.93. The number of halogens is 1. The van der Waals surface area contributed by atoms with Crippen molar-refractivity contribution in [2.24, 2.45) is 4.99 Å². The van der Waals surface area contributed by atoms with Crippen LogP contribution in [0.25, 0.3) is 6.08 Å². The monoisotopic (exact) mass is 427 g/mol. The zero-order valence-corrected chi connectivity index (χ0v) is 16.6. The third-order valence-corrected chi connectivity index (χ3v) is 4.41. The van der Waals surface area contributed by atoms with Crippen molar-refractivity contribution in [3.8, 4) is 11.5 Å². The molecule has 0 aliphatic carbocycles. The average molecular weight is 428 g/mol. The molecule has 0 radical (unpaired) electrons. The summed E-state index contributed by atoms with van der Waals surface area (Å²) >= 11 is 3.47. The van der Waals surface area contributed by atoms with Gasteiger partial charge in [0.05, 0.1) is 11.6 Å². The maximum Gasteiger partial charge on any atom is 0.363 e. The maximum atomic E-state index is 12.2. The van der Waals surface area contributed by atoms with Crippen LogP contribution in [-0.2, 0) is 9.53 Å². The lowest BCUT2D eigenvalue weighted by molar-refractivity contribution is -0.129. The summed E-state index contributed by atoms with van der Waals surface area (Å²) in [6, 6.07) is 11.2. The predicted molar refractivity (Wildman–Crippen MR) is 108 cm³/mol. The van der Waals surface area contributed by atoms with Crippen LogP contribution in [0.15, 0.2) is 64.2 Å². The minimum Gasteiger partial charge on any atom is -0.493 e. The summed E-state index contributed by atoms with van der Waals surface area (Å²) in [5.41, 5.74) is 2.82. The first-order valence-electron chi connectivity index (χ1n) is 8.22. The van der Waals surface area contributed by atoms with E-state index < -0.39 is 5.97 Å². The van der Waals surface area contributed by atoms with Crippen molar-refractivity contribution < 1.29 is 19.0 Å². The molecule has 0 saturated carbocycles. The van der Waals surface area contributed by atoms with Gasteiger partial charge in [0, 0.05) is 5.56 Å². The van der Waals surface area contributed by atoms with Crippen LogP contribution in [0.3, 0.4) is 0 Å². The van der Waals surface area contributed by atoms with Gasteiger partial charge in [0.1, 0.15) is 6.61 Å². The number of ether oxygens (including phenoxy) is 3. The smallest absolute Gasteiger partial charge is 0.363 e. The Kier molecular flexibility index (Phi) is 5.76. The molecule has 0 unspecified atom stereocenters. The molecule has 0 N–H and O–H groups in total. The molecular weight excluding hydrogens is 410 g/mol. The van der Waals surface area contributed by atoms with E-state index in [1.54, 1.807) is 25.3 Å². The Morgan fingerprint density at radius 1 is 1.26 bits per heavy atom. The van der Waals surface area contributed by atoms with E-state index in [0.29, 0.717) is 28.5 Å². The van der Waals surface area contributed by atoms with E-state index in [1.807, 2.05) is 37.3 Å². The number of carbonyl (C=O) groups is 1. The van der Waals surface area contributed by atoms with Crippen molar-refractivity contribution >= 4 is 33.9 Å². The lowest BCUT2D eigenvalue weighted by Gasteiger charge is -2.12. The molecule has 0 aromatic heterocycles. The molecule has 2 aromatic carbocycles. The molecule has 0 amide bonds. The molecule has 6 heteroatoms. The van der Waals surface area contributed by atoms with Gasteiger partial charge in [-0.3, -0.25) is 0 Å². The second-order valence-corrected chi connectivity index (χ2v) is 6.69. The standard InChI is InChI=1S/C21H18BrNO4/c1-4-9-26-19-16(22)10-14(12-18(19)25-3)11-17-21(24)27-20(23-17)15-7-5-13(2)6-8-15/h4-8,10-12H,1,9H2,2-3H3. The Labute approximate surface area is 166 Å². The molecular formula is C21H18BrNO4. The lowest BCUT2D eigenvalue weighted by atomic mass is 10.1. The van der Waals surface area contributed by atoms with Crippen LogP contribution in [0.2, 0.25) is 0 Å². The summed E-state index contributed by atoms with van der Waals surface area (Å²) in [4.78, 5) is 16.5. The van der Waals surface area contributed by atoms with Gasteiger partial charge >= 0.3 is 5.97 Å². The van der Waals surface area contributed by atoms with Crippen LogP contribution >= 0.6 is 15.9 Å². The van der Waals surface area contributed by atoms with E-state index in [9.17, 15) is 4.79 Å². The molecule has 1 heterocycles. The molecule has 0 saturated heterocycles. The minimum atomic E-state index is -0.493. The number of nitrogens with zero attached hydrogens (tertiary/aromatic N) is 1. The number of hydrogen-bond donors (Lipinski definition) is 0. The van der Waals surface area contributed by atoms with Crippen molar-refractivity contribution in [1.29, 1.82) is 0 Å². The van der Waals surface area contributed by atoms with Crippen molar-refractivity contribution in [3.63, 3.8) is 0 Å². The number of aryl methyl sites for hydroxylation is 1. The van der Waals surface area contributed by atoms with Gasteiger partial charge in [0.25, 0.3) is 0 Å². The fourth-order valence-corrected chi connectivity index (χ4v) is 3.07. The maximum absolute atomic E-state index is 12.2. The van der Waals surface area contributed by atoms with Gasteiger partial charge in [0.2, 0.25) is 5.90 Å². The molecule has 3 rings (SSSR count). The fourth-order valence-electron chi connectivity index (χ4n) is 2.49. The highest BCUT2D eigenvalue weighted by atomic mass is 79.9. The van der Waals surface area contributed by atoms with E-state index in [4.69, 9.17) is 14.2 Å². The van der Waals surface area contributed by atoms with Crippen LogP contribution in [-0.4, -0.2) is 25.6 Å². The zero-order valence-electron chi connectivity index (χ0n) is 15.0. The molecule has 0 bridgehead atoms. The molecule has 0 atom stereocenters. The number of rotatable bonds is 6. The normalized spacial score (nSPS) is 14.7. The highest BCUT2D eigenvalue weighted by Gasteiger charge is 2.24. The number of cyclic esters (lactones) is 1. The first kappa shape index (κ1) is 18.9. The van der Waals surface area contributed by atoms with Crippen molar-refractivity contribution in [3.05, 3.63) is 75.9 Å². The second-order valence-electron chi connectivity index (χ2n) is 5.84. The summed E-state index contributed by atoms with van der Waals surface area (Å²) in [5, 5.41) is 0. The molecule has 0 fully saturated rings. The zero-order chi connectivity index (χ0) is 19.4. The fraction of sp³-hybridized carbons (Fsp3) is 0.143. The predicted octanol–water partition coefficient (Wildman–Crippen LogP) is 4.68. The quantitative estimate of drug-likeness (QED) is 0.381. The number of carbonyl (C=O) groups excluding carboxylic acids is 1. The van der Waals surface area contributed by atoms with Crippen LogP contribution in [0, 0.1) is 6.92 Å². The number of aliphatic imine (C=N–C) groups is 1. The number of esters is 1. The van der Waals surface area contributed by atoms with Gasteiger partial charge in [-0.25, -0.2) is 9.79 Å². The third-order valence-electron chi connectivity index (χ3n) is 3.82. The SMILES string of the molecule is C=CCOc1c(Br)cc(C=C2N=C(c3ccc(C)cc3)OC2=O)cc1OC. The summed E-state index contributed by atoms with van der Waals surface area (Å²) in [6.07, 6.45) is 3.30. The molecule has 2 aromatic rings. The summed E-state index contributed by atoms with van der Waals surface area (Å²) in [7, 11) is 1.55. The lowest BCUT2D eigenvalue weighted by Crippen LogP contribution is -2.05. The summed E-state index contributed by atoms with van der Waals surface area (Å²) < 4.78 is 17.0. The number of benzene rings is 2. The molecule has 1 aliphatic rings. The topological polar surface area (TPSA) is 57.1 Å². The Morgan fingerprint density at radius 3 is 2.67 bits per heavy atom. The van der Waals surface area contributed by atoms with Gasteiger partial charge < -0.3 is 14.2 Å². The molecule has 5 nitrogen and oxygen atoms in total. The number of methoxy groups -OCH3 is 1. The van der Waals surface area contributed by atoms with Crippen LogP contribution in [0.1, 0.15) is 16.7 Å². The van der Waals surface area contributed by atoms with E-state index in [0.717, 1.165) is 16.7 Å². The third kappa shape index (κ3) is 4.28. The van der Waals surface area contributed by atoms with Crippen LogP contribution in [0.4, 0.5) is 0 Å². The highest BCUT2D eigenvalue weighted by molar-refractivity contribution is 9.10. The van der Waals surface area contributed by atoms with Crippen molar-refractivity contribution in [2.45, 2.75) is 6.92 Å². The Morgan fingerprint density at radius 2 is 2.00 bits per heavy atom. The summed E-state index contributed by atoms with van der Waals surface area (Å²) in [6.45, 7) is 5.98. The Hall–Kier alpha value is -2.86. The van der Waals surface area contributed by atoms with E-state index >= 15 is 0 Å². The first-order valence-corrected chi connectivity index (χ1v) is 9.02. The van der Waals surface area contributed by atoms with E-state index in [2.05, 4.69) is 27.5 Å². The molecule has 0 spiro atoms. The first-order chi connectivity index (χ1) is 13.0. The van der Waals surface area contributed by atoms with Gasteiger partial charge in [0.15, 0.2) is 17.2 Å². The largest absolute Gasteiger partial charge is 0.493 e. The second kappa shape index (κ2) is 8.22.